The number of hydrogen-bond donors (Lipinski definition) is 1. The Hall–Kier alpha value is -2.37. The molecule has 23 heavy (non-hydrogen) atoms. The molecule has 0 bridgehead atoms. The van der Waals surface area contributed by atoms with E-state index in [1.54, 1.807) is 4.90 Å². The first-order valence-corrected chi connectivity index (χ1v) is 7.77. The molecule has 0 saturated heterocycles. The Morgan fingerprint density at radius 2 is 1.96 bits per heavy atom. The van der Waals surface area contributed by atoms with Gasteiger partial charge in [0.1, 0.15) is 0 Å². The van der Waals surface area contributed by atoms with Crippen molar-refractivity contribution in [2.24, 2.45) is 0 Å². The molecule has 0 spiro atoms. The highest BCUT2D eigenvalue weighted by Crippen LogP contribution is 2.18. The summed E-state index contributed by atoms with van der Waals surface area (Å²) in [6, 6.07) is 7.88. The van der Waals surface area contributed by atoms with Crippen LogP contribution in [-0.4, -0.2) is 41.9 Å². The molecule has 1 heterocycles. The average Bonchev–Trinajstić information content (AvgIpc) is 2.54. The molecule has 1 aliphatic rings. The van der Waals surface area contributed by atoms with Gasteiger partial charge in [0.25, 0.3) is 0 Å². The first-order chi connectivity index (χ1) is 11.0. The van der Waals surface area contributed by atoms with E-state index in [2.05, 4.69) is 11.4 Å². The van der Waals surface area contributed by atoms with E-state index in [-0.39, 0.29) is 24.8 Å². The maximum atomic E-state index is 12.1. The van der Waals surface area contributed by atoms with E-state index in [0.717, 1.165) is 12.0 Å². The van der Waals surface area contributed by atoms with Crippen molar-refractivity contribution >= 4 is 17.8 Å². The zero-order chi connectivity index (χ0) is 16.8. The number of amides is 2. The van der Waals surface area contributed by atoms with Crippen LogP contribution in [0.15, 0.2) is 24.3 Å². The third kappa shape index (κ3) is 4.81. The van der Waals surface area contributed by atoms with Crippen LogP contribution >= 0.6 is 0 Å². The van der Waals surface area contributed by atoms with Crippen molar-refractivity contribution in [2.75, 3.05) is 13.1 Å². The van der Waals surface area contributed by atoms with Gasteiger partial charge < -0.3 is 15.0 Å². The average molecular weight is 318 g/mol. The molecule has 0 radical (unpaired) electrons. The molecule has 6 heteroatoms. The lowest BCUT2D eigenvalue weighted by atomic mass is 10.0. The van der Waals surface area contributed by atoms with Gasteiger partial charge in [0.2, 0.25) is 0 Å². The Kier molecular flexibility index (Phi) is 5.73. The third-order valence-electron chi connectivity index (χ3n) is 3.90. The molecule has 2 amide bonds. The lowest BCUT2D eigenvalue weighted by Gasteiger charge is -2.28. The zero-order valence-corrected chi connectivity index (χ0v) is 13.5. The highest BCUT2D eigenvalue weighted by molar-refractivity contribution is 5.83. The van der Waals surface area contributed by atoms with Crippen molar-refractivity contribution in [1.82, 2.24) is 10.2 Å². The lowest BCUT2D eigenvalue weighted by molar-refractivity contribution is -0.153. The predicted molar refractivity (Wildman–Crippen MR) is 84.8 cm³/mol. The van der Waals surface area contributed by atoms with Gasteiger partial charge >= 0.3 is 12.0 Å². The molecular formula is C17H22N2O4. The van der Waals surface area contributed by atoms with Crippen LogP contribution in [0.1, 0.15) is 31.4 Å². The van der Waals surface area contributed by atoms with Crippen LogP contribution in [0.2, 0.25) is 0 Å². The molecular weight excluding hydrogens is 296 g/mol. The summed E-state index contributed by atoms with van der Waals surface area (Å²) in [4.78, 5) is 36.4. The second kappa shape index (κ2) is 7.76. The number of rotatable bonds is 5. The smallest absolute Gasteiger partial charge is 0.317 e. The maximum Gasteiger partial charge on any atom is 0.317 e. The van der Waals surface area contributed by atoms with Gasteiger partial charge in [-0.25, -0.2) is 4.79 Å². The van der Waals surface area contributed by atoms with Crippen LogP contribution < -0.4 is 5.32 Å². The molecule has 0 aromatic heterocycles. The summed E-state index contributed by atoms with van der Waals surface area (Å²) in [5.41, 5.74) is 2.43. The van der Waals surface area contributed by atoms with E-state index in [4.69, 9.17) is 4.74 Å². The van der Waals surface area contributed by atoms with Gasteiger partial charge in [-0.1, -0.05) is 24.3 Å². The quantitative estimate of drug-likeness (QED) is 0.838. The Morgan fingerprint density at radius 1 is 1.26 bits per heavy atom. The SMILES string of the molecule is CC(=O)[C@@H](C)OC(=O)CCNC(=O)N1CCc2ccccc2C1. The summed E-state index contributed by atoms with van der Waals surface area (Å²) in [6.45, 7) is 4.33. The van der Waals surface area contributed by atoms with Crippen molar-refractivity contribution in [3.8, 4) is 0 Å². The minimum Gasteiger partial charge on any atom is -0.455 e. The summed E-state index contributed by atoms with van der Waals surface area (Å²) >= 11 is 0. The summed E-state index contributed by atoms with van der Waals surface area (Å²) < 4.78 is 4.93. The van der Waals surface area contributed by atoms with Crippen molar-refractivity contribution in [3.63, 3.8) is 0 Å². The number of urea groups is 1. The van der Waals surface area contributed by atoms with E-state index in [0.29, 0.717) is 13.1 Å². The highest BCUT2D eigenvalue weighted by atomic mass is 16.5. The number of nitrogens with zero attached hydrogens (tertiary/aromatic N) is 1. The number of fused-ring (bicyclic) bond motifs is 1. The number of hydrogen-bond acceptors (Lipinski definition) is 4. The molecule has 0 unspecified atom stereocenters. The monoisotopic (exact) mass is 318 g/mol. The number of nitrogens with one attached hydrogen (secondary N) is 1. The predicted octanol–water partition coefficient (Wildman–Crippen LogP) is 1.67. The number of ether oxygens (including phenoxy) is 1. The van der Waals surface area contributed by atoms with Crippen molar-refractivity contribution in [2.45, 2.75) is 39.3 Å². The topological polar surface area (TPSA) is 75.7 Å². The minimum atomic E-state index is -0.739. The van der Waals surface area contributed by atoms with Gasteiger partial charge in [0.15, 0.2) is 11.9 Å². The fourth-order valence-electron chi connectivity index (χ4n) is 2.39. The summed E-state index contributed by atoms with van der Waals surface area (Å²) in [5.74, 6) is -0.689. The van der Waals surface area contributed by atoms with Gasteiger partial charge in [-0.15, -0.1) is 0 Å². The molecule has 124 valence electrons. The van der Waals surface area contributed by atoms with Crippen LogP contribution in [0.4, 0.5) is 4.79 Å². The summed E-state index contributed by atoms with van der Waals surface area (Å²) in [5, 5.41) is 2.72. The Labute approximate surface area is 135 Å². The van der Waals surface area contributed by atoms with Gasteiger partial charge in [-0.3, -0.25) is 9.59 Å². The second-order valence-electron chi connectivity index (χ2n) is 5.66. The standard InChI is InChI=1S/C17H22N2O4/c1-12(20)13(2)23-16(21)7-9-18-17(22)19-10-8-14-5-3-4-6-15(14)11-19/h3-6,13H,7-11H2,1-2H3,(H,18,22)/t13-/m1/s1. The lowest BCUT2D eigenvalue weighted by Crippen LogP contribution is -2.43. The van der Waals surface area contributed by atoms with Crippen LogP contribution in [0, 0.1) is 0 Å². The molecule has 0 fully saturated rings. The first kappa shape index (κ1) is 17.0. The van der Waals surface area contributed by atoms with E-state index in [9.17, 15) is 14.4 Å². The number of carbonyl (C=O) groups excluding carboxylic acids is 3. The van der Waals surface area contributed by atoms with Crippen LogP contribution in [0.5, 0.6) is 0 Å². The molecule has 1 aromatic rings. The van der Waals surface area contributed by atoms with Crippen molar-refractivity contribution < 1.29 is 19.1 Å². The number of ketones is 1. The molecule has 1 aromatic carbocycles. The molecule has 6 nitrogen and oxygen atoms in total. The van der Waals surface area contributed by atoms with Crippen molar-refractivity contribution in [1.29, 1.82) is 0 Å². The Bertz CT molecular complexity index is 600. The van der Waals surface area contributed by atoms with Crippen LogP contribution in [-0.2, 0) is 27.3 Å². The Balaban J connectivity index is 1.74. The zero-order valence-electron chi connectivity index (χ0n) is 13.5. The summed E-state index contributed by atoms with van der Waals surface area (Å²) in [6.07, 6.45) is 0.145. The number of carbonyl (C=O) groups is 3. The molecule has 1 atom stereocenters. The fraction of sp³-hybridized carbons (Fsp3) is 0.471. The van der Waals surface area contributed by atoms with Gasteiger partial charge in [0, 0.05) is 19.6 Å². The Morgan fingerprint density at radius 3 is 2.65 bits per heavy atom. The normalized spacial score (nSPS) is 14.6. The van der Waals surface area contributed by atoms with E-state index in [1.165, 1.54) is 19.4 Å². The third-order valence-corrected chi connectivity index (χ3v) is 3.90. The molecule has 1 aliphatic heterocycles. The first-order valence-electron chi connectivity index (χ1n) is 7.77. The van der Waals surface area contributed by atoms with Crippen LogP contribution in [0.25, 0.3) is 0 Å². The van der Waals surface area contributed by atoms with Gasteiger partial charge in [-0.05, 0) is 31.4 Å². The van der Waals surface area contributed by atoms with E-state index >= 15 is 0 Å². The van der Waals surface area contributed by atoms with Gasteiger partial charge in [0.05, 0.1) is 6.42 Å². The molecule has 0 saturated carbocycles. The number of benzene rings is 1. The van der Waals surface area contributed by atoms with Crippen molar-refractivity contribution in [3.05, 3.63) is 35.4 Å². The molecule has 2 rings (SSSR count). The second-order valence-corrected chi connectivity index (χ2v) is 5.66. The summed E-state index contributed by atoms with van der Waals surface area (Å²) in [7, 11) is 0. The molecule has 1 N–H and O–H groups in total. The maximum absolute atomic E-state index is 12.1. The van der Waals surface area contributed by atoms with Gasteiger partial charge in [-0.2, -0.15) is 0 Å². The number of Topliss-reactive ketones (excluding diaryl/α,β-unsaturated/α-hetero) is 1. The van der Waals surface area contributed by atoms with E-state index < -0.39 is 12.1 Å². The number of esters is 1. The fourth-order valence-corrected chi connectivity index (χ4v) is 2.39. The minimum absolute atomic E-state index is 0.0494. The van der Waals surface area contributed by atoms with Crippen LogP contribution in [0.3, 0.4) is 0 Å². The largest absolute Gasteiger partial charge is 0.455 e. The van der Waals surface area contributed by atoms with E-state index in [1.807, 2.05) is 18.2 Å². The highest BCUT2D eigenvalue weighted by Gasteiger charge is 2.20. The molecule has 0 aliphatic carbocycles.